The van der Waals surface area contributed by atoms with Gasteiger partial charge in [0.1, 0.15) is 5.75 Å². The summed E-state index contributed by atoms with van der Waals surface area (Å²) in [6.07, 6.45) is 3.78. The molecule has 0 unspecified atom stereocenters. The molecule has 0 radical (unpaired) electrons. The molecule has 2 rings (SSSR count). The first-order valence-corrected chi connectivity index (χ1v) is 11.6. The molecule has 0 bridgehead atoms. The molecule has 8 heteroatoms. The number of halogens is 2. The topological polar surface area (TPSA) is 76.7 Å². The van der Waals surface area contributed by atoms with Gasteiger partial charge in [0.25, 0.3) is 0 Å². The van der Waals surface area contributed by atoms with Crippen molar-refractivity contribution in [1.82, 2.24) is 10.6 Å². The third kappa shape index (κ3) is 7.27. The average Bonchev–Trinajstić information content (AvgIpc) is 2.81. The Hall–Kier alpha value is -2.96. The normalized spacial score (nSPS) is 11.7. The molecule has 0 aliphatic carbocycles. The van der Waals surface area contributed by atoms with Crippen LogP contribution in [0.25, 0.3) is 11.1 Å². The number of benzene rings is 2. The number of ether oxygens (including phenoxy) is 2. The van der Waals surface area contributed by atoms with Crippen molar-refractivity contribution in [3.8, 4) is 11.5 Å². The highest BCUT2D eigenvalue weighted by molar-refractivity contribution is 6.39. The molecule has 0 saturated heterocycles. The van der Waals surface area contributed by atoms with Gasteiger partial charge in [0, 0.05) is 36.4 Å². The minimum Gasteiger partial charge on any atom is -0.497 e. The summed E-state index contributed by atoms with van der Waals surface area (Å²) in [4.78, 5) is 24.7. The summed E-state index contributed by atoms with van der Waals surface area (Å²) in [5.41, 5.74) is 3.38. The third-order valence-corrected chi connectivity index (χ3v) is 5.83. The first kappa shape index (κ1) is 27.3. The van der Waals surface area contributed by atoms with Crippen molar-refractivity contribution in [2.45, 2.75) is 33.7 Å². The van der Waals surface area contributed by atoms with Gasteiger partial charge in [-0.25, -0.2) is 0 Å². The number of nitrogens with one attached hydrogen (secondary N) is 2. The quantitative estimate of drug-likeness (QED) is 0.409. The molecule has 0 aliphatic heterocycles. The number of carbonyl (C=O) groups excluding carboxylic acids is 2. The Balaban J connectivity index is 2.30. The molecule has 2 N–H and O–H groups in total. The number of carbonyl (C=O) groups is 2. The third-order valence-electron chi connectivity index (χ3n) is 5.08. The fourth-order valence-corrected chi connectivity index (χ4v) is 4.00. The molecule has 2 aromatic rings. The van der Waals surface area contributed by atoms with Gasteiger partial charge >= 0.3 is 0 Å². The summed E-state index contributed by atoms with van der Waals surface area (Å²) in [5, 5.41) is 6.25. The molecule has 0 spiro atoms. The van der Waals surface area contributed by atoms with Crippen molar-refractivity contribution >= 4 is 46.2 Å². The number of amides is 2. The van der Waals surface area contributed by atoms with Crippen LogP contribution in [0, 0.1) is 0 Å². The smallest absolute Gasteiger partial charge is 0.244 e. The molecule has 0 atom stereocenters. The van der Waals surface area contributed by atoms with Crippen molar-refractivity contribution in [3.05, 3.63) is 69.2 Å². The highest BCUT2D eigenvalue weighted by Crippen LogP contribution is 2.42. The zero-order valence-corrected chi connectivity index (χ0v) is 21.6. The van der Waals surface area contributed by atoms with E-state index in [9.17, 15) is 9.59 Å². The summed E-state index contributed by atoms with van der Waals surface area (Å²) >= 11 is 13.1. The molecule has 0 heterocycles. The van der Waals surface area contributed by atoms with Gasteiger partial charge in [-0.15, -0.1) is 0 Å². The highest BCUT2D eigenvalue weighted by atomic mass is 35.5. The van der Waals surface area contributed by atoms with Crippen LogP contribution >= 0.6 is 23.2 Å². The molecule has 0 aliphatic rings. The van der Waals surface area contributed by atoms with Gasteiger partial charge < -0.3 is 20.1 Å². The first-order valence-electron chi connectivity index (χ1n) is 10.8. The second-order valence-corrected chi connectivity index (χ2v) is 8.40. The lowest BCUT2D eigenvalue weighted by Crippen LogP contribution is -2.21. The van der Waals surface area contributed by atoms with Gasteiger partial charge in [0.15, 0.2) is 5.75 Å². The number of rotatable bonds is 10. The predicted molar refractivity (Wildman–Crippen MR) is 138 cm³/mol. The van der Waals surface area contributed by atoms with Crippen LogP contribution in [0.5, 0.6) is 11.5 Å². The summed E-state index contributed by atoms with van der Waals surface area (Å²) in [6.45, 7) is 6.48. The second-order valence-electron chi connectivity index (χ2n) is 7.64. The van der Waals surface area contributed by atoms with Gasteiger partial charge in [0.2, 0.25) is 11.8 Å². The monoisotopic (exact) mass is 504 g/mol. The predicted octanol–water partition coefficient (Wildman–Crippen LogP) is 5.66. The van der Waals surface area contributed by atoms with Crippen LogP contribution in [-0.4, -0.2) is 32.6 Å². The maximum atomic E-state index is 12.5. The maximum absolute atomic E-state index is 12.5. The summed E-state index contributed by atoms with van der Waals surface area (Å²) in [7, 11) is 3.07. The lowest BCUT2D eigenvalue weighted by atomic mass is 9.98. The largest absolute Gasteiger partial charge is 0.497 e. The minimum absolute atomic E-state index is 0.212. The average molecular weight is 505 g/mol. The Bertz CT molecular complexity index is 1090. The summed E-state index contributed by atoms with van der Waals surface area (Å²) in [6, 6.07) is 9.20. The van der Waals surface area contributed by atoms with Crippen LogP contribution in [0.4, 0.5) is 0 Å². The Labute approximate surface area is 210 Å². The van der Waals surface area contributed by atoms with Gasteiger partial charge in [-0.2, -0.15) is 0 Å². The zero-order valence-electron chi connectivity index (χ0n) is 20.1. The van der Waals surface area contributed by atoms with E-state index in [-0.39, 0.29) is 22.6 Å². The molecular formula is C26H30Cl2N2O4. The molecule has 0 fully saturated rings. The van der Waals surface area contributed by atoms with Crippen LogP contribution in [0.1, 0.15) is 43.9 Å². The Morgan fingerprint density at radius 3 is 1.88 bits per heavy atom. The first-order chi connectivity index (χ1) is 16.2. The van der Waals surface area contributed by atoms with E-state index < -0.39 is 0 Å². The van der Waals surface area contributed by atoms with E-state index in [0.717, 1.165) is 17.7 Å². The van der Waals surface area contributed by atoms with Crippen molar-refractivity contribution in [2.24, 2.45) is 0 Å². The van der Waals surface area contributed by atoms with Gasteiger partial charge in [-0.05, 0) is 55.2 Å². The van der Waals surface area contributed by atoms with Crippen molar-refractivity contribution in [3.63, 3.8) is 0 Å². The lowest BCUT2D eigenvalue weighted by molar-refractivity contribution is -0.117. The van der Waals surface area contributed by atoms with E-state index in [0.29, 0.717) is 40.4 Å². The van der Waals surface area contributed by atoms with Crippen LogP contribution < -0.4 is 20.1 Å². The standard InChI is InChI=1S/C26H30Cl2N2O4/c1-6-11-29-22(31)12-16(2)20-14-21(25(28)26(34-5)24(20)27)17(3)13-23(32)30-15-18-7-9-19(33-4)10-8-18/h7-10,12-14H,6,11,15H2,1-5H3,(H,29,31)(H,30,32)/b16-12-,17-13-. The molecule has 0 aromatic heterocycles. The van der Waals surface area contributed by atoms with Crippen molar-refractivity contribution in [2.75, 3.05) is 20.8 Å². The number of allylic oxidation sites excluding steroid dienone is 2. The fraction of sp³-hybridized carbons (Fsp3) is 0.308. The molecule has 0 saturated carbocycles. The molecule has 6 nitrogen and oxygen atoms in total. The van der Waals surface area contributed by atoms with Crippen molar-refractivity contribution < 1.29 is 19.1 Å². The van der Waals surface area contributed by atoms with E-state index in [1.165, 1.54) is 19.3 Å². The Morgan fingerprint density at radius 1 is 0.882 bits per heavy atom. The van der Waals surface area contributed by atoms with Crippen LogP contribution in [0.15, 0.2) is 42.5 Å². The van der Waals surface area contributed by atoms with Crippen LogP contribution in [0.2, 0.25) is 10.0 Å². The van der Waals surface area contributed by atoms with E-state index in [4.69, 9.17) is 32.7 Å². The molecule has 182 valence electrons. The Morgan fingerprint density at radius 2 is 1.41 bits per heavy atom. The van der Waals surface area contributed by atoms with E-state index in [1.807, 2.05) is 31.2 Å². The van der Waals surface area contributed by atoms with Gasteiger partial charge in [-0.1, -0.05) is 42.3 Å². The van der Waals surface area contributed by atoms with E-state index in [1.54, 1.807) is 27.0 Å². The number of hydrogen-bond acceptors (Lipinski definition) is 4. The van der Waals surface area contributed by atoms with E-state index >= 15 is 0 Å². The fourth-order valence-electron chi connectivity index (χ4n) is 3.20. The maximum Gasteiger partial charge on any atom is 0.244 e. The lowest BCUT2D eigenvalue weighted by Gasteiger charge is -2.16. The molecular weight excluding hydrogens is 475 g/mol. The highest BCUT2D eigenvalue weighted by Gasteiger charge is 2.19. The van der Waals surface area contributed by atoms with Crippen LogP contribution in [0.3, 0.4) is 0 Å². The van der Waals surface area contributed by atoms with Crippen molar-refractivity contribution in [1.29, 1.82) is 0 Å². The number of methoxy groups -OCH3 is 2. The summed E-state index contributed by atoms with van der Waals surface area (Å²) in [5.74, 6) is 0.547. The SMILES string of the molecule is CCCNC(=O)/C=C(/C)c1cc(/C(C)=C\C(=O)NCc2ccc(OC)cc2)c(Cl)c(OC)c1Cl. The molecule has 2 amide bonds. The molecule has 2 aromatic carbocycles. The van der Waals surface area contributed by atoms with E-state index in [2.05, 4.69) is 10.6 Å². The van der Waals surface area contributed by atoms with Crippen LogP contribution in [-0.2, 0) is 16.1 Å². The number of hydrogen-bond donors (Lipinski definition) is 2. The molecule has 34 heavy (non-hydrogen) atoms. The van der Waals surface area contributed by atoms with Gasteiger partial charge in [0.05, 0.1) is 24.3 Å². The van der Waals surface area contributed by atoms with Gasteiger partial charge in [-0.3, -0.25) is 9.59 Å². The minimum atomic E-state index is -0.272. The summed E-state index contributed by atoms with van der Waals surface area (Å²) < 4.78 is 10.6. The second kappa shape index (κ2) is 13.1. The zero-order chi connectivity index (χ0) is 25.3. The Kier molecular flexibility index (Phi) is 10.5.